The summed E-state index contributed by atoms with van der Waals surface area (Å²) in [7, 11) is 1.62. The minimum Gasteiger partial charge on any atom is -0.408 e. The van der Waals surface area contributed by atoms with Crippen LogP contribution in [0.15, 0.2) is 27.4 Å². The van der Waals surface area contributed by atoms with E-state index in [9.17, 15) is 9.59 Å². The van der Waals surface area contributed by atoms with Crippen molar-refractivity contribution in [2.24, 2.45) is 12.8 Å². The quantitative estimate of drug-likeness (QED) is 0.876. The lowest BCUT2D eigenvalue weighted by Gasteiger charge is -2.12. The van der Waals surface area contributed by atoms with Gasteiger partial charge < -0.3 is 20.2 Å². The van der Waals surface area contributed by atoms with Gasteiger partial charge in [-0.1, -0.05) is 0 Å². The Labute approximate surface area is 132 Å². The van der Waals surface area contributed by atoms with Gasteiger partial charge in [0.15, 0.2) is 5.58 Å². The monoisotopic (exact) mass is 327 g/mol. The highest BCUT2D eigenvalue weighted by Crippen LogP contribution is 2.22. The minimum absolute atomic E-state index is 0. The lowest BCUT2D eigenvalue weighted by molar-refractivity contribution is -0.126. The first-order valence-electron chi connectivity index (χ1n) is 6.84. The summed E-state index contributed by atoms with van der Waals surface area (Å²) in [4.78, 5) is 23.6. The molecular formula is C14H18ClN3O4. The van der Waals surface area contributed by atoms with E-state index in [0.717, 1.165) is 6.42 Å². The third kappa shape index (κ3) is 3.01. The molecule has 0 unspecified atom stereocenters. The van der Waals surface area contributed by atoms with Crippen LogP contribution in [0.2, 0.25) is 0 Å². The molecule has 22 heavy (non-hydrogen) atoms. The van der Waals surface area contributed by atoms with E-state index in [1.165, 1.54) is 4.57 Å². The standard InChI is InChI=1S/C14H17N3O4.ClH/c1-17-10-6-8(2-4-11(10)21-14(17)19)16-13(18)12-5-3-9(7-15)20-12;/h2,4,6,9,12H,3,5,7,15H2,1H3,(H,16,18);1H/t9-,12+;/m1./s1. The van der Waals surface area contributed by atoms with Crippen LogP contribution in [0.1, 0.15) is 12.8 Å². The summed E-state index contributed by atoms with van der Waals surface area (Å²) in [6.07, 6.45) is 0.949. The van der Waals surface area contributed by atoms with E-state index < -0.39 is 11.9 Å². The molecule has 2 atom stereocenters. The van der Waals surface area contributed by atoms with Crippen molar-refractivity contribution in [1.29, 1.82) is 0 Å². The molecule has 0 radical (unpaired) electrons. The number of halogens is 1. The molecule has 1 aromatic carbocycles. The van der Waals surface area contributed by atoms with Crippen molar-refractivity contribution in [3.8, 4) is 0 Å². The Balaban J connectivity index is 0.00000176. The lowest BCUT2D eigenvalue weighted by atomic mass is 10.2. The van der Waals surface area contributed by atoms with E-state index in [1.807, 2.05) is 0 Å². The first-order valence-corrected chi connectivity index (χ1v) is 6.84. The zero-order valence-corrected chi connectivity index (χ0v) is 12.9. The maximum absolute atomic E-state index is 12.1. The van der Waals surface area contributed by atoms with E-state index in [1.54, 1.807) is 25.2 Å². The average Bonchev–Trinajstić information content (AvgIpc) is 3.06. The predicted octanol–water partition coefficient (Wildman–Crippen LogP) is 0.998. The predicted molar refractivity (Wildman–Crippen MR) is 84.3 cm³/mol. The van der Waals surface area contributed by atoms with Gasteiger partial charge in [0.2, 0.25) is 0 Å². The molecule has 2 aromatic rings. The smallest absolute Gasteiger partial charge is 0.408 e. The number of anilines is 1. The van der Waals surface area contributed by atoms with E-state index in [4.69, 9.17) is 14.9 Å². The molecule has 3 N–H and O–H groups in total. The number of carbonyl (C=O) groups is 1. The van der Waals surface area contributed by atoms with E-state index in [0.29, 0.717) is 29.8 Å². The van der Waals surface area contributed by atoms with Crippen LogP contribution < -0.4 is 16.8 Å². The van der Waals surface area contributed by atoms with Crippen molar-refractivity contribution >= 4 is 35.1 Å². The number of fused-ring (bicyclic) bond motifs is 1. The molecule has 0 saturated carbocycles. The van der Waals surface area contributed by atoms with E-state index in [2.05, 4.69) is 5.32 Å². The molecule has 120 valence electrons. The summed E-state index contributed by atoms with van der Waals surface area (Å²) in [6, 6.07) is 5.05. The Morgan fingerprint density at radius 1 is 1.45 bits per heavy atom. The number of rotatable bonds is 3. The van der Waals surface area contributed by atoms with E-state index >= 15 is 0 Å². The number of nitrogens with zero attached hydrogens (tertiary/aromatic N) is 1. The Kier molecular flexibility index (Phi) is 4.90. The zero-order chi connectivity index (χ0) is 15.0. The van der Waals surface area contributed by atoms with Crippen LogP contribution in [0.5, 0.6) is 0 Å². The van der Waals surface area contributed by atoms with Crippen molar-refractivity contribution < 1.29 is 13.9 Å². The lowest BCUT2D eigenvalue weighted by Crippen LogP contribution is -2.29. The molecular weight excluding hydrogens is 310 g/mol. The van der Waals surface area contributed by atoms with Crippen LogP contribution in [0, 0.1) is 0 Å². The van der Waals surface area contributed by atoms with Gasteiger partial charge in [-0.2, -0.15) is 0 Å². The molecule has 0 aliphatic carbocycles. The number of amides is 1. The first-order chi connectivity index (χ1) is 10.1. The molecule has 1 fully saturated rings. The van der Waals surface area contributed by atoms with Gasteiger partial charge in [-0.05, 0) is 31.0 Å². The summed E-state index contributed by atoms with van der Waals surface area (Å²) in [5, 5.41) is 2.80. The van der Waals surface area contributed by atoms with Crippen molar-refractivity contribution in [3.05, 3.63) is 28.7 Å². The maximum atomic E-state index is 12.1. The molecule has 8 heteroatoms. The zero-order valence-electron chi connectivity index (χ0n) is 12.1. The number of benzene rings is 1. The first kappa shape index (κ1) is 16.5. The largest absolute Gasteiger partial charge is 0.419 e. The number of aromatic nitrogens is 1. The van der Waals surface area contributed by atoms with Gasteiger partial charge in [-0.25, -0.2) is 4.79 Å². The topological polar surface area (TPSA) is 99.5 Å². The van der Waals surface area contributed by atoms with Crippen LogP contribution in [-0.4, -0.2) is 29.2 Å². The van der Waals surface area contributed by atoms with Gasteiger partial charge in [0, 0.05) is 19.3 Å². The van der Waals surface area contributed by atoms with Gasteiger partial charge in [-0.15, -0.1) is 12.4 Å². The third-order valence-corrected chi connectivity index (χ3v) is 3.72. The molecule has 1 aliphatic rings. The number of hydrogen-bond acceptors (Lipinski definition) is 5. The summed E-state index contributed by atoms with van der Waals surface area (Å²) < 4.78 is 12.0. The molecule has 2 heterocycles. The van der Waals surface area contributed by atoms with Crippen LogP contribution in [0.4, 0.5) is 5.69 Å². The fraction of sp³-hybridized carbons (Fsp3) is 0.429. The highest BCUT2D eigenvalue weighted by atomic mass is 35.5. The summed E-state index contributed by atoms with van der Waals surface area (Å²) in [6.45, 7) is 0.423. The second-order valence-electron chi connectivity index (χ2n) is 5.16. The highest BCUT2D eigenvalue weighted by Gasteiger charge is 2.29. The Hall–Kier alpha value is -1.83. The number of hydrogen-bond donors (Lipinski definition) is 2. The molecule has 1 amide bonds. The normalized spacial score (nSPS) is 20.8. The van der Waals surface area contributed by atoms with Gasteiger partial charge in [0.25, 0.3) is 5.91 Å². The van der Waals surface area contributed by atoms with E-state index in [-0.39, 0.29) is 24.4 Å². The molecule has 1 aromatic heterocycles. The number of nitrogens with one attached hydrogen (secondary N) is 1. The molecule has 1 saturated heterocycles. The fourth-order valence-corrected chi connectivity index (χ4v) is 2.50. The Morgan fingerprint density at radius 3 is 2.91 bits per heavy atom. The number of aryl methyl sites for hydroxylation is 1. The summed E-state index contributed by atoms with van der Waals surface area (Å²) in [5.74, 6) is -0.628. The van der Waals surface area contributed by atoms with Crippen molar-refractivity contribution in [2.75, 3.05) is 11.9 Å². The maximum Gasteiger partial charge on any atom is 0.419 e. The third-order valence-electron chi connectivity index (χ3n) is 3.72. The Bertz CT molecular complexity index is 739. The summed E-state index contributed by atoms with van der Waals surface area (Å²) in [5.41, 5.74) is 7.25. The van der Waals surface area contributed by atoms with Gasteiger partial charge in [0.05, 0.1) is 11.6 Å². The number of ether oxygens (including phenoxy) is 1. The van der Waals surface area contributed by atoms with Gasteiger partial charge >= 0.3 is 5.76 Å². The van der Waals surface area contributed by atoms with Crippen LogP contribution in [-0.2, 0) is 16.6 Å². The number of carbonyl (C=O) groups excluding carboxylic acids is 1. The highest BCUT2D eigenvalue weighted by molar-refractivity contribution is 5.95. The van der Waals surface area contributed by atoms with Gasteiger partial charge in [0.1, 0.15) is 6.10 Å². The molecule has 0 bridgehead atoms. The fourth-order valence-electron chi connectivity index (χ4n) is 2.50. The second kappa shape index (κ2) is 6.51. The van der Waals surface area contributed by atoms with Gasteiger partial charge in [-0.3, -0.25) is 9.36 Å². The number of oxazole rings is 1. The molecule has 1 aliphatic heterocycles. The number of nitrogens with two attached hydrogens (primary N) is 1. The minimum atomic E-state index is -0.470. The van der Waals surface area contributed by atoms with Crippen LogP contribution in [0.25, 0.3) is 11.1 Å². The summed E-state index contributed by atoms with van der Waals surface area (Å²) >= 11 is 0. The molecule has 3 rings (SSSR count). The SMILES string of the molecule is Cl.Cn1c(=O)oc2ccc(NC(=O)[C@@H]3CC[C@H](CN)O3)cc21. The average molecular weight is 328 g/mol. The van der Waals surface area contributed by atoms with Crippen molar-refractivity contribution in [3.63, 3.8) is 0 Å². The second-order valence-corrected chi connectivity index (χ2v) is 5.16. The van der Waals surface area contributed by atoms with Crippen molar-refractivity contribution in [1.82, 2.24) is 4.57 Å². The molecule has 0 spiro atoms. The Morgan fingerprint density at radius 2 is 2.23 bits per heavy atom. The van der Waals surface area contributed by atoms with Crippen molar-refractivity contribution in [2.45, 2.75) is 25.0 Å². The molecule has 7 nitrogen and oxygen atoms in total. The van der Waals surface area contributed by atoms with Crippen LogP contribution >= 0.6 is 12.4 Å². The van der Waals surface area contributed by atoms with Crippen LogP contribution in [0.3, 0.4) is 0 Å².